The smallest absolute Gasteiger partial charge is 0.339 e. The van der Waals surface area contributed by atoms with Crippen molar-refractivity contribution in [3.05, 3.63) is 23.3 Å². The number of carbonyl (C=O) groups excluding carboxylic acids is 1. The van der Waals surface area contributed by atoms with E-state index in [4.69, 9.17) is 9.47 Å². The van der Waals surface area contributed by atoms with Gasteiger partial charge in [-0.15, -0.1) is 0 Å². The summed E-state index contributed by atoms with van der Waals surface area (Å²) in [5.41, 5.74) is -0.454. The van der Waals surface area contributed by atoms with E-state index in [2.05, 4.69) is 4.74 Å². The number of fused-ring (bicyclic) bond motifs is 1. The van der Waals surface area contributed by atoms with E-state index in [0.29, 0.717) is 0 Å². The van der Waals surface area contributed by atoms with E-state index in [1.165, 1.54) is 0 Å². The van der Waals surface area contributed by atoms with Gasteiger partial charge in [0.15, 0.2) is 17.6 Å². The first-order valence-electron chi connectivity index (χ1n) is 5.02. The van der Waals surface area contributed by atoms with Crippen LogP contribution in [-0.2, 0) is 9.53 Å². The van der Waals surface area contributed by atoms with E-state index in [1.807, 2.05) is 0 Å². The van der Waals surface area contributed by atoms with Gasteiger partial charge in [0.1, 0.15) is 0 Å². The van der Waals surface area contributed by atoms with E-state index < -0.39 is 18.5 Å². The van der Waals surface area contributed by atoms with Gasteiger partial charge in [-0.25, -0.2) is 13.6 Å². The Bertz CT molecular complexity index is 475. The van der Waals surface area contributed by atoms with Crippen LogP contribution in [0.1, 0.15) is 23.7 Å². The fraction of sp³-hybridized carbons (Fsp3) is 0.364. The van der Waals surface area contributed by atoms with E-state index in [9.17, 15) is 18.7 Å². The van der Waals surface area contributed by atoms with Crippen LogP contribution in [0.25, 0.3) is 0 Å². The van der Waals surface area contributed by atoms with Crippen molar-refractivity contribution in [2.45, 2.75) is 12.5 Å². The van der Waals surface area contributed by atoms with Gasteiger partial charge in [0.05, 0.1) is 7.11 Å². The Labute approximate surface area is 101 Å². The number of aliphatic hydroxyl groups excluding tert-OH is 1. The van der Waals surface area contributed by atoms with Gasteiger partial charge in [-0.3, -0.25) is 0 Å². The first-order valence-corrected chi connectivity index (χ1v) is 5.02. The number of benzene rings is 1. The molecular formula is C11H10F2O5. The number of esters is 1. The van der Waals surface area contributed by atoms with Crippen molar-refractivity contribution < 1.29 is 32.9 Å². The van der Waals surface area contributed by atoms with Gasteiger partial charge in [-0.2, -0.15) is 0 Å². The Morgan fingerprint density at radius 1 is 1.44 bits per heavy atom. The normalized spacial score (nSPS) is 14.7. The summed E-state index contributed by atoms with van der Waals surface area (Å²) in [5, 5.41) is 9.70. The summed E-state index contributed by atoms with van der Waals surface area (Å²) in [4.78, 5) is 11.2. The van der Waals surface area contributed by atoms with Gasteiger partial charge in [0, 0.05) is 11.1 Å². The second kappa shape index (κ2) is 4.77. The van der Waals surface area contributed by atoms with Gasteiger partial charge in [0.25, 0.3) is 6.43 Å². The van der Waals surface area contributed by atoms with Gasteiger partial charge in [0.2, 0.25) is 6.79 Å². The molecule has 0 aromatic heterocycles. The zero-order valence-corrected chi connectivity index (χ0v) is 9.35. The van der Waals surface area contributed by atoms with Crippen LogP contribution in [0.2, 0.25) is 0 Å². The molecule has 0 radical (unpaired) electrons. The van der Waals surface area contributed by atoms with Gasteiger partial charge < -0.3 is 19.3 Å². The summed E-state index contributed by atoms with van der Waals surface area (Å²) in [6.45, 7) is -0.150. The molecule has 1 heterocycles. The third-order valence-corrected chi connectivity index (χ3v) is 2.49. The van der Waals surface area contributed by atoms with Crippen LogP contribution in [-0.4, -0.2) is 25.0 Å². The van der Waals surface area contributed by atoms with Crippen molar-refractivity contribution in [3.63, 3.8) is 0 Å². The Balaban J connectivity index is 2.48. The Morgan fingerprint density at radius 3 is 2.78 bits per heavy atom. The second-order valence-electron chi connectivity index (χ2n) is 3.57. The van der Waals surface area contributed by atoms with E-state index in [-0.39, 0.29) is 29.4 Å². The molecule has 18 heavy (non-hydrogen) atoms. The maximum absolute atomic E-state index is 12.7. The zero-order chi connectivity index (χ0) is 13.3. The van der Waals surface area contributed by atoms with Crippen LogP contribution in [0.15, 0.2) is 12.1 Å². The molecule has 1 aliphatic rings. The quantitative estimate of drug-likeness (QED) is 0.835. The average molecular weight is 260 g/mol. The summed E-state index contributed by atoms with van der Waals surface area (Å²) in [5.74, 6) is -0.804. The van der Waals surface area contributed by atoms with Crippen LogP contribution in [0.4, 0.5) is 8.78 Å². The van der Waals surface area contributed by atoms with Crippen molar-refractivity contribution in [2.24, 2.45) is 0 Å². The predicted molar refractivity (Wildman–Crippen MR) is 54.5 cm³/mol. The molecule has 1 unspecified atom stereocenters. The molecule has 0 saturated carbocycles. The summed E-state index contributed by atoms with van der Waals surface area (Å²) in [7, 11) is 1.08. The summed E-state index contributed by atoms with van der Waals surface area (Å²) >= 11 is 0. The predicted octanol–water partition coefficient (Wildman–Crippen LogP) is 1.56. The maximum atomic E-state index is 12.7. The lowest BCUT2D eigenvalue weighted by Crippen LogP contribution is -2.14. The van der Waals surface area contributed by atoms with Crippen molar-refractivity contribution in [2.75, 3.05) is 13.9 Å². The number of hydrogen-bond acceptors (Lipinski definition) is 5. The molecule has 1 aliphatic heterocycles. The molecule has 0 fully saturated rings. The lowest BCUT2D eigenvalue weighted by atomic mass is 10.0. The highest BCUT2D eigenvalue weighted by Gasteiger charge is 2.29. The monoisotopic (exact) mass is 260 g/mol. The highest BCUT2D eigenvalue weighted by Crippen LogP contribution is 2.42. The fourth-order valence-corrected chi connectivity index (χ4v) is 1.63. The topological polar surface area (TPSA) is 65.0 Å². The third kappa shape index (κ3) is 2.08. The van der Waals surface area contributed by atoms with Crippen LogP contribution in [0, 0.1) is 0 Å². The highest BCUT2D eigenvalue weighted by molar-refractivity contribution is 5.78. The minimum Gasteiger partial charge on any atom is -0.467 e. The number of halogens is 2. The van der Waals surface area contributed by atoms with Crippen LogP contribution >= 0.6 is 0 Å². The third-order valence-electron chi connectivity index (χ3n) is 2.49. The van der Waals surface area contributed by atoms with E-state index in [0.717, 1.165) is 19.2 Å². The molecule has 0 spiro atoms. The molecule has 0 aliphatic carbocycles. The zero-order valence-electron chi connectivity index (χ0n) is 9.35. The number of rotatable bonds is 3. The Kier molecular flexibility index (Phi) is 3.33. The van der Waals surface area contributed by atoms with Gasteiger partial charge in [-0.1, -0.05) is 0 Å². The lowest BCUT2D eigenvalue weighted by molar-refractivity contribution is -0.150. The molecule has 1 N–H and O–H groups in total. The highest BCUT2D eigenvalue weighted by atomic mass is 19.3. The molecule has 0 amide bonds. The molecule has 1 atom stereocenters. The molecule has 98 valence electrons. The summed E-state index contributed by atoms with van der Waals surface area (Å²) < 4.78 is 39.7. The van der Waals surface area contributed by atoms with E-state index >= 15 is 0 Å². The minimum atomic E-state index is -2.75. The molecule has 0 bridgehead atoms. The van der Waals surface area contributed by atoms with Crippen LogP contribution in [0.5, 0.6) is 11.5 Å². The number of carbonyl (C=O) groups is 1. The number of methoxy groups -OCH3 is 1. The first-order chi connectivity index (χ1) is 8.54. The lowest BCUT2D eigenvalue weighted by Gasteiger charge is -2.13. The molecule has 1 aromatic carbocycles. The summed E-state index contributed by atoms with van der Waals surface area (Å²) in [6, 6.07) is 2.11. The first kappa shape index (κ1) is 12.6. The minimum absolute atomic E-state index is 0.0748. The maximum Gasteiger partial charge on any atom is 0.339 e. The average Bonchev–Trinajstić information content (AvgIpc) is 2.83. The molecular weight excluding hydrogens is 250 g/mol. The molecule has 5 nitrogen and oxygen atoms in total. The Hall–Kier alpha value is -1.89. The van der Waals surface area contributed by atoms with Crippen molar-refractivity contribution >= 4 is 5.97 Å². The number of alkyl halides is 2. The largest absolute Gasteiger partial charge is 0.467 e. The van der Waals surface area contributed by atoms with Gasteiger partial charge >= 0.3 is 5.97 Å². The SMILES string of the molecule is COC(=O)C(O)c1cc(C(F)F)cc2c1OCO2. The fourth-order valence-electron chi connectivity index (χ4n) is 1.63. The number of ether oxygens (including phenoxy) is 3. The number of aliphatic hydroxyl groups is 1. The standard InChI is InChI=1S/C11H10F2O5/c1-16-11(15)8(14)6-2-5(10(12)13)3-7-9(6)18-4-17-7/h2-3,8,10,14H,4H2,1H3. The molecule has 0 saturated heterocycles. The molecule has 2 rings (SSSR count). The number of hydrogen-bond donors (Lipinski definition) is 1. The Morgan fingerprint density at radius 2 is 2.17 bits per heavy atom. The van der Waals surface area contributed by atoms with Crippen molar-refractivity contribution in [1.82, 2.24) is 0 Å². The van der Waals surface area contributed by atoms with Crippen molar-refractivity contribution in [3.8, 4) is 11.5 Å². The molecule has 7 heteroatoms. The van der Waals surface area contributed by atoms with Crippen molar-refractivity contribution in [1.29, 1.82) is 0 Å². The van der Waals surface area contributed by atoms with E-state index in [1.54, 1.807) is 0 Å². The molecule has 1 aromatic rings. The van der Waals surface area contributed by atoms with Crippen LogP contribution in [0.3, 0.4) is 0 Å². The second-order valence-corrected chi connectivity index (χ2v) is 3.57. The summed E-state index contributed by atoms with van der Waals surface area (Å²) in [6.07, 6.45) is -4.44. The van der Waals surface area contributed by atoms with Gasteiger partial charge in [-0.05, 0) is 12.1 Å². The van der Waals surface area contributed by atoms with Crippen LogP contribution < -0.4 is 9.47 Å².